The van der Waals surface area contributed by atoms with E-state index in [-0.39, 0.29) is 30.9 Å². The number of nitrogens with zero attached hydrogens (tertiary/aromatic N) is 2. The minimum absolute atomic E-state index is 0. The lowest BCUT2D eigenvalue weighted by atomic mass is 10.1. The van der Waals surface area contributed by atoms with Gasteiger partial charge in [-0.2, -0.15) is 0 Å². The molecule has 3 rings (SSSR count). The fourth-order valence-electron chi connectivity index (χ4n) is 2.81. The van der Waals surface area contributed by atoms with Crippen LogP contribution in [0.3, 0.4) is 0 Å². The fraction of sp³-hybridized carbons (Fsp3) is 0.294. The smallest absolute Gasteiger partial charge is 0.238 e. The lowest BCUT2D eigenvalue weighted by Crippen LogP contribution is -2.48. The number of amides is 1. The van der Waals surface area contributed by atoms with Gasteiger partial charge in [-0.25, -0.2) is 0 Å². The van der Waals surface area contributed by atoms with E-state index in [1.807, 2.05) is 18.3 Å². The number of hydrogen-bond donors (Lipinski definition) is 2. The topological polar surface area (TPSA) is 57.3 Å². The molecule has 8 heteroatoms. The average Bonchev–Trinajstić information content (AvgIpc) is 2.60. The van der Waals surface area contributed by atoms with E-state index >= 15 is 0 Å². The van der Waals surface area contributed by atoms with Crippen LogP contribution in [0.2, 0.25) is 10.0 Å². The van der Waals surface area contributed by atoms with Crippen LogP contribution in [0, 0.1) is 0 Å². The van der Waals surface area contributed by atoms with Crippen LogP contribution in [-0.2, 0) is 4.79 Å². The first kappa shape index (κ1) is 19.9. The molecule has 1 aromatic carbocycles. The van der Waals surface area contributed by atoms with E-state index in [0.29, 0.717) is 15.7 Å². The zero-order valence-corrected chi connectivity index (χ0v) is 15.7. The summed E-state index contributed by atoms with van der Waals surface area (Å²) in [5.41, 5.74) is 1.63. The van der Waals surface area contributed by atoms with Gasteiger partial charge in [0, 0.05) is 38.1 Å². The molecule has 1 aliphatic heterocycles. The van der Waals surface area contributed by atoms with E-state index in [1.165, 1.54) is 0 Å². The number of hydrogen-bond acceptors (Lipinski definition) is 4. The third kappa shape index (κ3) is 5.06. The van der Waals surface area contributed by atoms with Gasteiger partial charge >= 0.3 is 0 Å². The second kappa shape index (κ2) is 9.36. The Morgan fingerprint density at radius 3 is 2.92 bits per heavy atom. The molecule has 0 spiro atoms. The molecular weight excluding hydrogens is 383 g/mol. The summed E-state index contributed by atoms with van der Waals surface area (Å²) >= 11 is 12.1. The maximum absolute atomic E-state index is 12.4. The molecule has 5 nitrogen and oxygen atoms in total. The fourth-order valence-corrected chi connectivity index (χ4v) is 3.16. The summed E-state index contributed by atoms with van der Waals surface area (Å²) in [5, 5.41) is 6.98. The Labute approximate surface area is 163 Å². The van der Waals surface area contributed by atoms with Crippen molar-refractivity contribution in [3.8, 4) is 0 Å². The third-order valence-corrected chi connectivity index (χ3v) is 4.81. The molecular formula is C17H19Cl3N4O. The van der Waals surface area contributed by atoms with E-state index in [1.54, 1.807) is 24.4 Å². The summed E-state index contributed by atoms with van der Waals surface area (Å²) in [6.07, 6.45) is 3.59. The number of halogens is 3. The molecule has 1 fully saturated rings. The molecule has 134 valence electrons. The summed E-state index contributed by atoms with van der Waals surface area (Å²) < 4.78 is 0. The number of rotatable bonds is 4. The molecule has 2 aromatic rings. The normalized spacial score (nSPS) is 17.6. The summed E-state index contributed by atoms with van der Waals surface area (Å²) in [6, 6.07) is 9.24. The summed E-state index contributed by atoms with van der Waals surface area (Å²) in [4.78, 5) is 18.7. The maximum Gasteiger partial charge on any atom is 0.238 e. The Morgan fingerprint density at radius 1 is 1.32 bits per heavy atom. The zero-order valence-electron chi connectivity index (χ0n) is 13.4. The number of anilines is 1. The number of nitrogens with one attached hydrogen (secondary N) is 2. The SMILES string of the molecule is Cl.O=C(CN1CCNCC1c1cccnc1)Nc1cccc(Cl)c1Cl. The lowest BCUT2D eigenvalue weighted by Gasteiger charge is -2.35. The zero-order chi connectivity index (χ0) is 16.9. The molecule has 0 bridgehead atoms. The monoisotopic (exact) mass is 400 g/mol. The van der Waals surface area contributed by atoms with Gasteiger partial charge in [0.05, 0.1) is 22.3 Å². The second-order valence-electron chi connectivity index (χ2n) is 5.63. The van der Waals surface area contributed by atoms with E-state index in [2.05, 4.69) is 20.5 Å². The summed E-state index contributed by atoms with van der Waals surface area (Å²) in [7, 11) is 0. The van der Waals surface area contributed by atoms with Gasteiger partial charge in [-0.1, -0.05) is 35.3 Å². The molecule has 25 heavy (non-hydrogen) atoms. The number of aromatic nitrogens is 1. The van der Waals surface area contributed by atoms with Crippen molar-refractivity contribution in [2.75, 3.05) is 31.5 Å². The van der Waals surface area contributed by atoms with E-state index in [9.17, 15) is 4.79 Å². The highest BCUT2D eigenvalue weighted by atomic mass is 35.5. The highest BCUT2D eigenvalue weighted by Gasteiger charge is 2.25. The van der Waals surface area contributed by atoms with Crippen molar-refractivity contribution in [3.05, 3.63) is 58.3 Å². The van der Waals surface area contributed by atoms with Gasteiger partial charge < -0.3 is 10.6 Å². The van der Waals surface area contributed by atoms with Crippen molar-refractivity contribution in [1.29, 1.82) is 0 Å². The summed E-state index contributed by atoms with van der Waals surface area (Å²) in [6.45, 7) is 2.71. The molecule has 1 aliphatic rings. The largest absolute Gasteiger partial charge is 0.324 e. The first-order valence-electron chi connectivity index (χ1n) is 7.73. The van der Waals surface area contributed by atoms with E-state index in [0.717, 1.165) is 25.2 Å². The van der Waals surface area contributed by atoms with E-state index in [4.69, 9.17) is 23.2 Å². The Morgan fingerprint density at radius 2 is 2.16 bits per heavy atom. The van der Waals surface area contributed by atoms with Gasteiger partial charge in [-0.3, -0.25) is 14.7 Å². The number of carbonyl (C=O) groups is 1. The van der Waals surface area contributed by atoms with Crippen molar-refractivity contribution >= 4 is 47.2 Å². The first-order valence-corrected chi connectivity index (χ1v) is 8.49. The minimum Gasteiger partial charge on any atom is -0.324 e. The molecule has 2 N–H and O–H groups in total. The Balaban J connectivity index is 0.00000225. The van der Waals surface area contributed by atoms with E-state index < -0.39 is 0 Å². The minimum atomic E-state index is -0.116. The molecule has 0 aliphatic carbocycles. The molecule has 1 atom stereocenters. The van der Waals surface area contributed by atoms with Crippen LogP contribution >= 0.6 is 35.6 Å². The van der Waals surface area contributed by atoms with Crippen molar-refractivity contribution in [2.24, 2.45) is 0 Å². The van der Waals surface area contributed by atoms with Crippen LogP contribution in [-0.4, -0.2) is 42.0 Å². The quantitative estimate of drug-likeness (QED) is 0.824. The third-order valence-electron chi connectivity index (χ3n) is 4.00. The van der Waals surface area contributed by atoms with Gasteiger partial charge in [0.1, 0.15) is 0 Å². The van der Waals surface area contributed by atoms with Gasteiger partial charge in [0.25, 0.3) is 0 Å². The summed E-state index contributed by atoms with van der Waals surface area (Å²) in [5.74, 6) is -0.116. The molecule has 0 radical (unpaired) electrons. The molecule has 1 unspecified atom stereocenters. The highest BCUT2D eigenvalue weighted by Crippen LogP contribution is 2.29. The van der Waals surface area contributed by atoms with Gasteiger partial charge in [-0.15, -0.1) is 12.4 Å². The van der Waals surface area contributed by atoms with Gasteiger partial charge in [-0.05, 0) is 23.8 Å². The Hall–Kier alpha value is -1.37. The molecule has 2 heterocycles. The van der Waals surface area contributed by atoms with Gasteiger partial charge in [0.2, 0.25) is 5.91 Å². The maximum atomic E-state index is 12.4. The van der Waals surface area contributed by atoms with Crippen LogP contribution in [0.1, 0.15) is 11.6 Å². The second-order valence-corrected chi connectivity index (χ2v) is 6.41. The van der Waals surface area contributed by atoms with Crippen LogP contribution in [0.5, 0.6) is 0 Å². The van der Waals surface area contributed by atoms with Crippen molar-refractivity contribution in [3.63, 3.8) is 0 Å². The number of piperazine rings is 1. The molecule has 1 saturated heterocycles. The molecule has 1 amide bonds. The number of pyridine rings is 1. The van der Waals surface area contributed by atoms with Crippen molar-refractivity contribution in [2.45, 2.75) is 6.04 Å². The average molecular weight is 402 g/mol. The molecule has 1 aromatic heterocycles. The first-order chi connectivity index (χ1) is 11.6. The van der Waals surface area contributed by atoms with Crippen LogP contribution in [0.15, 0.2) is 42.7 Å². The van der Waals surface area contributed by atoms with Crippen molar-refractivity contribution < 1.29 is 4.79 Å². The van der Waals surface area contributed by atoms with Crippen LogP contribution in [0.4, 0.5) is 5.69 Å². The highest BCUT2D eigenvalue weighted by molar-refractivity contribution is 6.44. The number of carbonyl (C=O) groups excluding carboxylic acids is 1. The lowest BCUT2D eigenvalue weighted by molar-refractivity contribution is -0.118. The van der Waals surface area contributed by atoms with Crippen LogP contribution < -0.4 is 10.6 Å². The standard InChI is InChI=1S/C17H18Cl2N4O.ClH/c18-13-4-1-5-14(17(13)19)22-16(24)11-23-8-7-21-10-15(23)12-3-2-6-20-9-12;/h1-6,9,15,21H,7-8,10-11H2,(H,22,24);1H. The Bertz CT molecular complexity index is 714. The number of benzene rings is 1. The predicted molar refractivity (Wildman–Crippen MR) is 104 cm³/mol. The van der Waals surface area contributed by atoms with Gasteiger partial charge in [0.15, 0.2) is 0 Å². The Kier molecular flexibility index (Phi) is 7.47. The molecule has 0 saturated carbocycles. The predicted octanol–water partition coefficient (Wildman–Crippen LogP) is 3.40. The van der Waals surface area contributed by atoms with Crippen molar-refractivity contribution in [1.82, 2.24) is 15.2 Å². The van der Waals surface area contributed by atoms with Crippen LogP contribution in [0.25, 0.3) is 0 Å².